The number of carbonyl (C=O) groups excluding carboxylic acids is 2. The molecule has 5 rings (SSSR count). The van der Waals surface area contributed by atoms with Crippen molar-refractivity contribution in [2.24, 2.45) is 0 Å². The Hall–Kier alpha value is -4.17. The van der Waals surface area contributed by atoms with Crippen molar-refractivity contribution >= 4 is 51.5 Å². The van der Waals surface area contributed by atoms with Gasteiger partial charge in [-0.2, -0.15) is 0 Å². The van der Waals surface area contributed by atoms with Crippen LogP contribution in [0.4, 0.5) is 11.4 Å². The minimum Gasteiger partial charge on any atom is -0.451 e. The number of thiocarbonyl (C=S) groups is 1. The molecule has 1 fully saturated rings. The monoisotopic (exact) mass is 484 g/mol. The van der Waals surface area contributed by atoms with Gasteiger partial charge in [-0.05, 0) is 60.7 Å². The number of amides is 2. The number of nitrogens with zero attached hydrogens (tertiary/aromatic N) is 2. The summed E-state index contributed by atoms with van der Waals surface area (Å²) in [5, 5.41) is 6.74. The summed E-state index contributed by atoms with van der Waals surface area (Å²) < 4.78 is 5.58. The Morgan fingerprint density at radius 3 is 2.23 bits per heavy atom. The SMILES string of the molecule is O=C(NC(=S)Nc1ccc(N2CCN(C(=O)c3ccccc3)CC2)cc1)c1cc2ccccc2o1. The summed E-state index contributed by atoms with van der Waals surface area (Å²) >= 11 is 5.30. The van der Waals surface area contributed by atoms with Gasteiger partial charge in [0.2, 0.25) is 0 Å². The second-order valence-corrected chi connectivity index (χ2v) is 8.66. The Bertz CT molecular complexity index is 1330. The van der Waals surface area contributed by atoms with Crippen LogP contribution in [0.3, 0.4) is 0 Å². The lowest BCUT2D eigenvalue weighted by Gasteiger charge is -2.36. The average molecular weight is 485 g/mol. The largest absolute Gasteiger partial charge is 0.451 e. The van der Waals surface area contributed by atoms with Gasteiger partial charge in [-0.25, -0.2) is 0 Å². The van der Waals surface area contributed by atoms with Gasteiger partial charge >= 0.3 is 0 Å². The van der Waals surface area contributed by atoms with E-state index in [9.17, 15) is 9.59 Å². The number of hydrogen-bond acceptors (Lipinski definition) is 5. The van der Waals surface area contributed by atoms with Gasteiger partial charge < -0.3 is 19.5 Å². The number of piperazine rings is 1. The Morgan fingerprint density at radius 1 is 0.829 bits per heavy atom. The van der Waals surface area contributed by atoms with Gasteiger partial charge in [0, 0.05) is 48.5 Å². The predicted octanol–water partition coefficient (Wildman–Crippen LogP) is 4.52. The molecule has 0 aliphatic carbocycles. The van der Waals surface area contributed by atoms with Gasteiger partial charge in [0.15, 0.2) is 10.9 Å². The number of anilines is 2. The van der Waals surface area contributed by atoms with E-state index in [0.717, 1.165) is 35.4 Å². The quantitative estimate of drug-likeness (QED) is 0.415. The minimum absolute atomic E-state index is 0.0722. The predicted molar refractivity (Wildman–Crippen MR) is 141 cm³/mol. The Morgan fingerprint density at radius 2 is 1.51 bits per heavy atom. The fraction of sp³-hybridized carbons (Fsp3) is 0.148. The van der Waals surface area contributed by atoms with E-state index < -0.39 is 5.91 Å². The summed E-state index contributed by atoms with van der Waals surface area (Å²) in [6.07, 6.45) is 0. The van der Waals surface area contributed by atoms with Gasteiger partial charge in [0.1, 0.15) is 5.58 Å². The highest BCUT2D eigenvalue weighted by Crippen LogP contribution is 2.21. The maximum Gasteiger partial charge on any atom is 0.293 e. The van der Waals surface area contributed by atoms with Crippen LogP contribution in [0, 0.1) is 0 Å². The number of rotatable bonds is 4. The third kappa shape index (κ3) is 5.17. The van der Waals surface area contributed by atoms with Crippen LogP contribution in [0.25, 0.3) is 11.0 Å². The second-order valence-electron chi connectivity index (χ2n) is 8.25. The van der Waals surface area contributed by atoms with E-state index in [4.69, 9.17) is 16.6 Å². The standard InChI is InChI=1S/C27H24N4O3S/c32-25(24-18-20-8-4-5-9-23(20)34-24)29-27(35)28-21-10-12-22(13-11-21)30-14-16-31(17-15-30)26(33)19-6-2-1-3-7-19/h1-13,18H,14-17H2,(H2,28,29,32,35). The molecule has 0 unspecified atom stereocenters. The minimum atomic E-state index is -0.404. The average Bonchev–Trinajstić information content (AvgIpc) is 3.34. The molecule has 1 aliphatic heterocycles. The van der Waals surface area contributed by atoms with E-state index >= 15 is 0 Å². The van der Waals surface area contributed by atoms with E-state index in [-0.39, 0.29) is 16.8 Å². The lowest BCUT2D eigenvalue weighted by Crippen LogP contribution is -2.48. The van der Waals surface area contributed by atoms with Crippen LogP contribution >= 0.6 is 12.2 Å². The lowest BCUT2D eigenvalue weighted by molar-refractivity contribution is 0.0746. The summed E-state index contributed by atoms with van der Waals surface area (Å²) in [5.74, 6) is -0.128. The fourth-order valence-corrected chi connectivity index (χ4v) is 4.32. The van der Waals surface area contributed by atoms with Crippen molar-refractivity contribution < 1.29 is 14.0 Å². The van der Waals surface area contributed by atoms with E-state index in [1.165, 1.54) is 0 Å². The van der Waals surface area contributed by atoms with Crippen LogP contribution in [-0.4, -0.2) is 48.0 Å². The van der Waals surface area contributed by atoms with Gasteiger partial charge in [-0.1, -0.05) is 36.4 Å². The number of benzene rings is 3. The number of para-hydroxylation sites is 1. The van der Waals surface area contributed by atoms with E-state index in [1.54, 1.807) is 6.07 Å². The van der Waals surface area contributed by atoms with Crippen molar-refractivity contribution in [3.63, 3.8) is 0 Å². The van der Waals surface area contributed by atoms with Crippen LogP contribution in [0.15, 0.2) is 89.3 Å². The van der Waals surface area contributed by atoms with Crippen LogP contribution in [0.2, 0.25) is 0 Å². The molecule has 35 heavy (non-hydrogen) atoms. The number of carbonyl (C=O) groups is 2. The number of furan rings is 1. The smallest absolute Gasteiger partial charge is 0.293 e. The Labute approximate surface area is 208 Å². The molecule has 2 N–H and O–H groups in total. The van der Waals surface area contributed by atoms with Crippen molar-refractivity contribution in [1.29, 1.82) is 0 Å². The first-order chi connectivity index (χ1) is 17.1. The summed E-state index contributed by atoms with van der Waals surface area (Å²) in [5.41, 5.74) is 3.21. The van der Waals surface area contributed by atoms with Gasteiger partial charge in [-0.3, -0.25) is 14.9 Å². The molecule has 4 aromatic rings. The first-order valence-electron chi connectivity index (χ1n) is 11.4. The first-order valence-corrected chi connectivity index (χ1v) is 11.8. The van der Waals surface area contributed by atoms with Crippen LogP contribution in [0.5, 0.6) is 0 Å². The van der Waals surface area contributed by atoms with Crippen molar-refractivity contribution in [2.45, 2.75) is 0 Å². The molecule has 0 saturated carbocycles. The molecule has 0 radical (unpaired) electrons. The molecule has 2 amide bonds. The molecule has 176 valence electrons. The normalized spacial score (nSPS) is 13.5. The molecule has 1 aromatic heterocycles. The maximum atomic E-state index is 12.7. The van der Waals surface area contributed by atoms with Gasteiger partial charge in [-0.15, -0.1) is 0 Å². The molecule has 2 heterocycles. The molecule has 0 spiro atoms. The zero-order chi connectivity index (χ0) is 24.2. The van der Waals surface area contributed by atoms with Crippen molar-refractivity contribution in [2.75, 3.05) is 36.4 Å². The Kier molecular flexibility index (Phi) is 6.45. The molecular formula is C27H24N4O3S. The molecule has 1 aliphatic rings. The highest BCUT2D eigenvalue weighted by Gasteiger charge is 2.22. The zero-order valence-corrected chi connectivity index (χ0v) is 19.8. The summed E-state index contributed by atoms with van der Waals surface area (Å²) in [6.45, 7) is 2.87. The van der Waals surface area contributed by atoms with E-state index in [0.29, 0.717) is 18.7 Å². The number of hydrogen-bond donors (Lipinski definition) is 2. The molecule has 3 aromatic carbocycles. The molecule has 7 nitrogen and oxygen atoms in total. The van der Waals surface area contributed by atoms with Crippen LogP contribution in [-0.2, 0) is 0 Å². The van der Waals surface area contributed by atoms with Crippen molar-refractivity contribution in [1.82, 2.24) is 10.2 Å². The molecular weight excluding hydrogens is 460 g/mol. The van der Waals surface area contributed by atoms with Gasteiger partial charge in [0.05, 0.1) is 0 Å². The maximum absolute atomic E-state index is 12.7. The van der Waals surface area contributed by atoms with E-state index in [1.807, 2.05) is 83.8 Å². The summed E-state index contributed by atoms with van der Waals surface area (Å²) in [7, 11) is 0. The second kappa shape index (κ2) is 9.99. The third-order valence-corrected chi connectivity index (χ3v) is 6.16. The molecule has 1 saturated heterocycles. The zero-order valence-electron chi connectivity index (χ0n) is 18.9. The fourth-order valence-electron chi connectivity index (χ4n) is 4.11. The van der Waals surface area contributed by atoms with Crippen LogP contribution < -0.4 is 15.5 Å². The molecule has 0 bridgehead atoms. The lowest BCUT2D eigenvalue weighted by atomic mass is 10.1. The summed E-state index contributed by atoms with van der Waals surface area (Å²) in [4.78, 5) is 29.3. The molecule has 8 heteroatoms. The molecule has 0 atom stereocenters. The highest BCUT2D eigenvalue weighted by atomic mass is 32.1. The number of fused-ring (bicyclic) bond motifs is 1. The Balaban J connectivity index is 1.13. The van der Waals surface area contributed by atoms with Crippen molar-refractivity contribution in [3.05, 3.63) is 96.3 Å². The van der Waals surface area contributed by atoms with E-state index in [2.05, 4.69) is 15.5 Å². The summed E-state index contributed by atoms with van der Waals surface area (Å²) in [6, 6.07) is 26.3. The van der Waals surface area contributed by atoms with Crippen LogP contribution in [0.1, 0.15) is 20.9 Å². The third-order valence-electron chi connectivity index (χ3n) is 5.95. The number of nitrogens with one attached hydrogen (secondary N) is 2. The van der Waals surface area contributed by atoms with Gasteiger partial charge in [0.25, 0.3) is 11.8 Å². The van der Waals surface area contributed by atoms with Crippen molar-refractivity contribution in [3.8, 4) is 0 Å². The topological polar surface area (TPSA) is 77.8 Å². The highest BCUT2D eigenvalue weighted by molar-refractivity contribution is 7.80. The first kappa shape index (κ1) is 22.6.